The number of carbonyl (C=O) groups is 4. The molecule has 0 saturated carbocycles. The summed E-state index contributed by atoms with van der Waals surface area (Å²) >= 11 is 0. The van der Waals surface area contributed by atoms with Gasteiger partial charge in [-0.2, -0.15) is 0 Å². The minimum absolute atomic E-state index is 0.147. The molecule has 8 heteroatoms. The number of hydrogen-bond acceptors (Lipinski definition) is 6. The van der Waals surface area contributed by atoms with E-state index in [1.165, 1.54) is 31.4 Å². The number of nitrogens with one attached hydrogen (secondary N) is 1. The zero-order valence-electron chi connectivity index (χ0n) is 15.1. The molecule has 1 heterocycles. The van der Waals surface area contributed by atoms with Gasteiger partial charge in [-0.1, -0.05) is 12.1 Å². The molecule has 1 aliphatic heterocycles. The van der Waals surface area contributed by atoms with Crippen molar-refractivity contribution >= 4 is 29.4 Å². The molecule has 1 N–H and O–H groups in total. The van der Waals surface area contributed by atoms with Crippen LogP contribution in [0.15, 0.2) is 48.5 Å². The summed E-state index contributed by atoms with van der Waals surface area (Å²) in [6, 6.07) is 12.5. The highest BCUT2D eigenvalue weighted by molar-refractivity contribution is 6.22. The number of fused-ring (bicyclic) bond motifs is 1. The van der Waals surface area contributed by atoms with Crippen LogP contribution in [0.4, 0.5) is 5.69 Å². The van der Waals surface area contributed by atoms with Crippen LogP contribution in [0.1, 0.15) is 31.1 Å². The predicted octanol–water partition coefficient (Wildman–Crippen LogP) is 1.72. The number of amides is 3. The van der Waals surface area contributed by atoms with E-state index in [0.717, 1.165) is 4.90 Å². The molecule has 3 rings (SSSR count). The van der Waals surface area contributed by atoms with Crippen LogP contribution in [-0.4, -0.2) is 55.5 Å². The second-order valence-electron chi connectivity index (χ2n) is 6.00. The Morgan fingerprint density at radius 2 is 1.54 bits per heavy atom. The maximum atomic E-state index is 12.3. The van der Waals surface area contributed by atoms with Crippen LogP contribution in [0.3, 0.4) is 0 Å². The first-order chi connectivity index (χ1) is 13.5. The Kier molecular flexibility index (Phi) is 5.81. The van der Waals surface area contributed by atoms with E-state index >= 15 is 0 Å². The first-order valence-corrected chi connectivity index (χ1v) is 8.52. The Labute approximate surface area is 161 Å². The topological polar surface area (TPSA) is 102 Å². The smallest absolute Gasteiger partial charge is 0.338 e. The Bertz CT molecular complexity index is 888. The molecule has 8 nitrogen and oxygen atoms in total. The summed E-state index contributed by atoms with van der Waals surface area (Å²) in [7, 11) is 1.51. The Morgan fingerprint density at radius 3 is 2.11 bits per heavy atom. The van der Waals surface area contributed by atoms with Crippen molar-refractivity contribution in [1.29, 1.82) is 0 Å². The van der Waals surface area contributed by atoms with Gasteiger partial charge in [0.2, 0.25) is 5.91 Å². The van der Waals surface area contributed by atoms with Gasteiger partial charge in [-0.05, 0) is 36.4 Å². The molecule has 0 radical (unpaired) electrons. The summed E-state index contributed by atoms with van der Waals surface area (Å²) in [6.45, 7) is 0.0545. The fraction of sp³-hybridized carbons (Fsp3) is 0.200. The van der Waals surface area contributed by atoms with E-state index in [4.69, 9.17) is 9.47 Å². The third-order valence-electron chi connectivity index (χ3n) is 4.10. The van der Waals surface area contributed by atoms with Crippen molar-refractivity contribution in [3.05, 3.63) is 65.2 Å². The zero-order chi connectivity index (χ0) is 20.1. The predicted molar refractivity (Wildman–Crippen MR) is 99.0 cm³/mol. The van der Waals surface area contributed by atoms with Gasteiger partial charge in [0.15, 0.2) is 0 Å². The molecule has 0 spiro atoms. The number of esters is 1. The molecule has 28 heavy (non-hydrogen) atoms. The number of rotatable bonds is 7. The van der Waals surface area contributed by atoms with E-state index in [1.807, 2.05) is 0 Å². The van der Waals surface area contributed by atoms with Gasteiger partial charge in [-0.25, -0.2) is 4.79 Å². The van der Waals surface area contributed by atoms with Crippen molar-refractivity contribution in [2.75, 3.05) is 32.2 Å². The number of benzene rings is 2. The molecule has 0 fully saturated rings. The summed E-state index contributed by atoms with van der Waals surface area (Å²) < 4.78 is 9.80. The van der Waals surface area contributed by atoms with Gasteiger partial charge in [0.05, 0.1) is 23.3 Å². The lowest BCUT2D eigenvalue weighted by Gasteiger charge is -2.13. The van der Waals surface area contributed by atoms with Gasteiger partial charge in [0.1, 0.15) is 13.2 Å². The number of carbonyl (C=O) groups excluding carboxylic acids is 4. The van der Waals surface area contributed by atoms with Crippen LogP contribution in [-0.2, 0) is 14.3 Å². The summed E-state index contributed by atoms with van der Waals surface area (Å²) in [5.74, 6) is -2.01. The summed E-state index contributed by atoms with van der Waals surface area (Å²) in [4.78, 5) is 49.5. The Hall–Kier alpha value is -3.52. The number of imide groups is 1. The van der Waals surface area contributed by atoms with Crippen LogP contribution in [0, 0.1) is 0 Å². The van der Waals surface area contributed by atoms with E-state index in [9.17, 15) is 19.2 Å². The number of anilines is 1. The molecule has 144 valence electrons. The maximum Gasteiger partial charge on any atom is 0.338 e. The van der Waals surface area contributed by atoms with Crippen molar-refractivity contribution in [3.8, 4) is 0 Å². The van der Waals surface area contributed by atoms with Crippen LogP contribution in [0.25, 0.3) is 0 Å². The molecular weight excluding hydrogens is 364 g/mol. The summed E-state index contributed by atoms with van der Waals surface area (Å²) in [6.07, 6.45) is 0. The van der Waals surface area contributed by atoms with E-state index in [1.54, 1.807) is 24.3 Å². The highest BCUT2D eigenvalue weighted by Crippen LogP contribution is 2.22. The van der Waals surface area contributed by atoms with Crippen molar-refractivity contribution in [3.63, 3.8) is 0 Å². The van der Waals surface area contributed by atoms with Crippen molar-refractivity contribution in [2.45, 2.75) is 0 Å². The molecule has 0 saturated heterocycles. The number of ether oxygens (including phenoxy) is 2. The monoisotopic (exact) mass is 382 g/mol. The van der Waals surface area contributed by atoms with Crippen LogP contribution < -0.4 is 5.32 Å². The quantitative estimate of drug-likeness (QED) is 0.444. The number of hydrogen-bond donors (Lipinski definition) is 1. The van der Waals surface area contributed by atoms with Gasteiger partial charge in [-0.3, -0.25) is 19.3 Å². The number of nitrogens with zero attached hydrogens (tertiary/aromatic N) is 1. The Morgan fingerprint density at radius 1 is 0.929 bits per heavy atom. The lowest BCUT2D eigenvalue weighted by Crippen LogP contribution is -2.37. The van der Waals surface area contributed by atoms with Crippen LogP contribution in [0.2, 0.25) is 0 Å². The average molecular weight is 382 g/mol. The van der Waals surface area contributed by atoms with Crippen molar-refractivity contribution in [1.82, 2.24) is 4.90 Å². The fourth-order valence-corrected chi connectivity index (χ4v) is 2.72. The molecule has 2 aromatic carbocycles. The molecule has 3 amide bonds. The number of methoxy groups -OCH3 is 1. The molecule has 0 aromatic heterocycles. The van der Waals surface area contributed by atoms with Crippen LogP contribution in [0.5, 0.6) is 0 Å². The molecule has 0 bridgehead atoms. The third kappa shape index (κ3) is 4.07. The fourth-order valence-electron chi connectivity index (χ4n) is 2.72. The van der Waals surface area contributed by atoms with E-state index in [0.29, 0.717) is 17.9 Å². The molecule has 1 aliphatic rings. The lowest BCUT2D eigenvalue weighted by atomic mass is 10.1. The molecule has 0 aliphatic carbocycles. The minimum atomic E-state index is -0.523. The van der Waals surface area contributed by atoms with E-state index in [-0.39, 0.29) is 17.7 Å². The summed E-state index contributed by atoms with van der Waals surface area (Å²) in [5.41, 5.74) is 1.33. The van der Waals surface area contributed by atoms with E-state index in [2.05, 4.69) is 5.32 Å². The normalized spacial score (nSPS) is 12.7. The Balaban J connectivity index is 1.58. The molecule has 0 atom stereocenters. The van der Waals surface area contributed by atoms with Gasteiger partial charge in [0, 0.05) is 12.8 Å². The second kappa shape index (κ2) is 8.45. The second-order valence-corrected chi connectivity index (χ2v) is 6.00. The van der Waals surface area contributed by atoms with Gasteiger partial charge >= 0.3 is 5.97 Å². The average Bonchev–Trinajstić information content (AvgIpc) is 2.94. The summed E-state index contributed by atoms with van der Waals surface area (Å²) in [5, 5.41) is 2.60. The third-order valence-corrected chi connectivity index (χ3v) is 4.10. The lowest BCUT2D eigenvalue weighted by molar-refractivity contribution is -0.116. The first-order valence-electron chi connectivity index (χ1n) is 8.52. The van der Waals surface area contributed by atoms with Gasteiger partial charge < -0.3 is 14.8 Å². The maximum absolute atomic E-state index is 12.3. The highest BCUT2D eigenvalue weighted by atomic mass is 16.6. The highest BCUT2D eigenvalue weighted by Gasteiger charge is 2.36. The van der Waals surface area contributed by atoms with Crippen molar-refractivity contribution < 1.29 is 28.7 Å². The zero-order valence-corrected chi connectivity index (χ0v) is 15.1. The van der Waals surface area contributed by atoms with Gasteiger partial charge in [0.25, 0.3) is 11.8 Å². The molecule has 0 unspecified atom stereocenters. The molecule has 2 aromatic rings. The van der Waals surface area contributed by atoms with E-state index < -0.39 is 30.2 Å². The molecular formula is C20H18N2O6. The van der Waals surface area contributed by atoms with Crippen LogP contribution >= 0.6 is 0 Å². The standard InChI is InChI=1S/C20H18N2O6/c1-27-10-11-28-20(26)13-6-8-14(9-7-13)21-17(23)12-22-18(24)15-4-2-3-5-16(15)19(22)25/h2-9H,10-12H2,1H3,(H,21,23). The first kappa shape index (κ1) is 19.2. The largest absolute Gasteiger partial charge is 0.460 e. The minimum Gasteiger partial charge on any atom is -0.460 e. The van der Waals surface area contributed by atoms with Gasteiger partial charge in [-0.15, -0.1) is 0 Å². The SMILES string of the molecule is COCCOC(=O)c1ccc(NC(=O)CN2C(=O)c3ccccc3C2=O)cc1. The van der Waals surface area contributed by atoms with Crippen molar-refractivity contribution in [2.24, 2.45) is 0 Å².